The molecule has 0 aliphatic heterocycles. The molecule has 4 rings (SSSR count). The first-order chi connectivity index (χ1) is 15.4. The van der Waals surface area contributed by atoms with Gasteiger partial charge in [0.05, 0.1) is 11.3 Å². The molecule has 6 nitrogen and oxygen atoms in total. The van der Waals surface area contributed by atoms with E-state index >= 15 is 0 Å². The van der Waals surface area contributed by atoms with Gasteiger partial charge in [0, 0.05) is 61.0 Å². The van der Waals surface area contributed by atoms with Gasteiger partial charge in [-0.1, -0.05) is 0 Å². The summed E-state index contributed by atoms with van der Waals surface area (Å²) in [5.41, 5.74) is 5.25. The summed E-state index contributed by atoms with van der Waals surface area (Å²) in [6.45, 7) is 4.83. The molecule has 7 heteroatoms. The first-order valence-corrected chi connectivity index (χ1v) is 12.1. The van der Waals surface area contributed by atoms with Crippen LogP contribution in [-0.2, 0) is 0 Å². The summed E-state index contributed by atoms with van der Waals surface area (Å²) in [5.74, 6) is 1.71. The molecule has 32 heavy (non-hydrogen) atoms. The van der Waals surface area contributed by atoms with Crippen molar-refractivity contribution < 1.29 is 4.79 Å². The largest absolute Gasteiger partial charge is 0.352 e. The van der Waals surface area contributed by atoms with Gasteiger partial charge in [-0.05, 0) is 68.7 Å². The Bertz CT molecular complexity index is 1070. The number of nitrogens with one attached hydrogen (secondary N) is 1. The second-order valence-corrected chi connectivity index (χ2v) is 9.94. The van der Waals surface area contributed by atoms with E-state index < -0.39 is 0 Å². The van der Waals surface area contributed by atoms with Crippen molar-refractivity contribution in [1.82, 2.24) is 20.3 Å². The third-order valence-corrected chi connectivity index (χ3v) is 7.53. The zero-order chi connectivity index (χ0) is 22.7. The Morgan fingerprint density at radius 3 is 2.50 bits per heavy atom. The number of anilines is 1. The van der Waals surface area contributed by atoms with Gasteiger partial charge < -0.3 is 10.2 Å². The van der Waals surface area contributed by atoms with E-state index in [4.69, 9.17) is 4.98 Å². The molecule has 0 atom stereocenters. The molecule has 0 spiro atoms. The molecule has 1 aliphatic rings. The van der Waals surface area contributed by atoms with Gasteiger partial charge in [-0.2, -0.15) is 0 Å². The van der Waals surface area contributed by atoms with Gasteiger partial charge in [-0.15, -0.1) is 11.3 Å². The predicted molar refractivity (Wildman–Crippen MR) is 130 cm³/mol. The van der Waals surface area contributed by atoms with Crippen molar-refractivity contribution >= 4 is 23.2 Å². The van der Waals surface area contributed by atoms with Crippen molar-refractivity contribution in [2.75, 3.05) is 25.5 Å². The number of amides is 1. The van der Waals surface area contributed by atoms with Crippen LogP contribution >= 0.6 is 11.3 Å². The lowest BCUT2D eigenvalue weighted by Crippen LogP contribution is -2.31. The van der Waals surface area contributed by atoms with Crippen LogP contribution in [0.15, 0.2) is 36.1 Å². The molecule has 3 heterocycles. The summed E-state index contributed by atoms with van der Waals surface area (Å²) < 4.78 is 0. The van der Waals surface area contributed by atoms with E-state index in [1.54, 1.807) is 11.3 Å². The van der Waals surface area contributed by atoms with Crippen LogP contribution in [0.25, 0.3) is 11.1 Å². The van der Waals surface area contributed by atoms with Crippen LogP contribution in [0, 0.1) is 19.8 Å². The van der Waals surface area contributed by atoms with E-state index in [0.29, 0.717) is 11.8 Å². The Hall–Kier alpha value is -2.80. The Morgan fingerprint density at radius 1 is 1.16 bits per heavy atom. The van der Waals surface area contributed by atoms with Crippen molar-refractivity contribution in [2.24, 2.45) is 5.92 Å². The fourth-order valence-corrected chi connectivity index (χ4v) is 5.24. The zero-order valence-corrected chi connectivity index (χ0v) is 20.1. The van der Waals surface area contributed by atoms with Crippen LogP contribution in [0.1, 0.15) is 58.1 Å². The Labute approximate surface area is 194 Å². The number of aryl methyl sites for hydroxylation is 1. The fraction of sp³-hybridized carbons (Fsp3) is 0.440. The van der Waals surface area contributed by atoms with E-state index in [9.17, 15) is 4.79 Å². The number of hydrogen-bond donors (Lipinski definition) is 1. The monoisotopic (exact) mass is 449 g/mol. The second kappa shape index (κ2) is 9.77. The SMILES string of the molecule is Cc1scc(C(=O)NCC2CCC(c3nc(N(C)C)ncc3-c3ccncc3)CC2)c1C. The Balaban J connectivity index is 1.43. The lowest BCUT2D eigenvalue weighted by Gasteiger charge is -2.30. The molecule has 3 aromatic heterocycles. The lowest BCUT2D eigenvalue weighted by atomic mass is 9.79. The molecule has 1 aliphatic carbocycles. The number of hydrogen-bond acceptors (Lipinski definition) is 6. The van der Waals surface area contributed by atoms with E-state index in [-0.39, 0.29) is 5.91 Å². The van der Waals surface area contributed by atoms with E-state index in [1.165, 1.54) is 4.88 Å². The van der Waals surface area contributed by atoms with Crippen LogP contribution in [0.3, 0.4) is 0 Å². The van der Waals surface area contributed by atoms with Crippen molar-refractivity contribution in [3.8, 4) is 11.1 Å². The molecule has 0 saturated heterocycles. The van der Waals surface area contributed by atoms with Gasteiger partial charge in [0.1, 0.15) is 0 Å². The van der Waals surface area contributed by atoms with Crippen molar-refractivity contribution in [2.45, 2.75) is 45.4 Å². The predicted octanol–water partition coefficient (Wildman–Crippen LogP) is 4.99. The van der Waals surface area contributed by atoms with Crippen molar-refractivity contribution in [1.29, 1.82) is 0 Å². The average molecular weight is 450 g/mol. The van der Waals surface area contributed by atoms with E-state index in [1.807, 2.05) is 62.0 Å². The van der Waals surface area contributed by atoms with Gasteiger partial charge in [0.2, 0.25) is 5.95 Å². The maximum atomic E-state index is 12.6. The summed E-state index contributed by atoms with van der Waals surface area (Å²) in [6.07, 6.45) is 9.89. The summed E-state index contributed by atoms with van der Waals surface area (Å²) in [7, 11) is 3.95. The van der Waals surface area contributed by atoms with Gasteiger partial charge in [-0.25, -0.2) is 9.97 Å². The number of pyridine rings is 1. The highest BCUT2D eigenvalue weighted by Gasteiger charge is 2.27. The van der Waals surface area contributed by atoms with E-state index in [2.05, 4.69) is 22.2 Å². The third kappa shape index (κ3) is 4.83. The maximum absolute atomic E-state index is 12.6. The minimum Gasteiger partial charge on any atom is -0.352 e. The summed E-state index contributed by atoms with van der Waals surface area (Å²) >= 11 is 1.64. The summed E-state index contributed by atoms with van der Waals surface area (Å²) in [4.78, 5) is 29.4. The normalized spacial score (nSPS) is 18.4. The summed E-state index contributed by atoms with van der Waals surface area (Å²) in [5, 5.41) is 5.13. The third-order valence-electron chi connectivity index (χ3n) is 6.51. The highest BCUT2D eigenvalue weighted by Crippen LogP contribution is 2.39. The van der Waals surface area contributed by atoms with Crippen molar-refractivity contribution in [3.63, 3.8) is 0 Å². The smallest absolute Gasteiger partial charge is 0.252 e. The maximum Gasteiger partial charge on any atom is 0.252 e. The zero-order valence-electron chi connectivity index (χ0n) is 19.3. The first kappa shape index (κ1) is 22.4. The number of nitrogens with zero attached hydrogens (tertiary/aromatic N) is 4. The van der Waals surface area contributed by atoms with Crippen LogP contribution < -0.4 is 10.2 Å². The summed E-state index contributed by atoms with van der Waals surface area (Å²) in [6, 6.07) is 4.04. The molecule has 0 bridgehead atoms. The number of thiophene rings is 1. The first-order valence-electron chi connectivity index (χ1n) is 11.2. The topological polar surface area (TPSA) is 71.0 Å². The Morgan fingerprint density at radius 2 is 1.88 bits per heavy atom. The van der Waals surface area contributed by atoms with Crippen LogP contribution in [-0.4, -0.2) is 41.5 Å². The number of aromatic nitrogens is 3. The standard InChI is InChI=1S/C25H31N5OS/c1-16-17(2)32-15-22(16)24(31)27-13-18-5-7-20(8-6-18)23-21(19-9-11-26-12-10-19)14-28-25(29-23)30(3)4/h9-12,14-15,18,20H,5-8,13H2,1-4H3,(H,27,31). The quantitative estimate of drug-likeness (QED) is 0.574. The minimum absolute atomic E-state index is 0.0559. The lowest BCUT2D eigenvalue weighted by molar-refractivity contribution is 0.0942. The fourth-order valence-electron chi connectivity index (χ4n) is 4.38. The molecule has 1 N–H and O–H groups in total. The number of carbonyl (C=O) groups is 1. The van der Waals surface area contributed by atoms with Crippen molar-refractivity contribution in [3.05, 3.63) is 57.8 Å². The van der Waals surface area contributed by atoms with Gasteiger partial charge >= 0.3 is 0 Å². The van der Waals surface area contributed by atoms with Crippen LogP contribution in [0.5, 0.6) is 0 Å². The highest BCUT2D eigenvalue weighted by atomic mass is 32.1. The molecular weight excluding hydrogens is 418 g/mol. The average Bonchev–Trinajstić information content (AvgIpc) is 3.16. The van der Waals surface area contributed by atoms with Gasteiger partial charge in [0.15, 0.2) is 0 Å². The Kier molecular flexibility index (Phi) is 6.84. The van der Waals surface area contributed by atoms with Gasteiger partial charge in [-0.3, -0.25) is 9.78 Å². The molecule has 3 aromatic rings. The number of carbonyl (C=O) groups excluding carboxylic acids is 1. The molecule has 1 fully saturated rings. The van der Waals surface area contributed by atoms with Crippen LogP contribution in [0.2, 0.25) is 0 Å². The van der Waals surface area contributed by atoms with Crippen LogP contribution in [0.4, 0.5) is 5.95 Å². The van der Waals surface area contributed by atoms with Gasteiger partial charge in [0.25, 0.3) is 5.91 Å². The minimum atomic E-state index is 0.0559. The molecule has 0 radical (unpaired) electrons. The molecule has 1 amide bonds. The molecule has 0 aromatic carbocycles. The highest BCUT2D eigenvalue weighted by molar-refractivity contribution is 7.10. The molecule has 0 unspecified atom stereocenters. The molecular formula is C25H31N5OS. The number of rotatable bonds is 6. The second-order valence-electron chi connectivity index (χ2n) is 8.86. The molecule has 168 valence electrons. The molecule has 1 saturated carbocycles. The van der Waals surface area contributed by atoms with E-state index in [0.717, 1.165) is 66.1 Å².